The molecule has 1 atom stereocenters. The summed E-state index contributed by atoms with van der Waals surface area (Å²) in [4.78, 5) is 16.3. The number of nitrogens with zero attached hydrogens (tertiary/aromatic N) is 1. The van der Waals surface area contributed by atoms with Gasteiger partial charge in [-0.15, -0.1) is 0 Å². The minimum Gasteiger partial charge on any atom is -0.497 e. The monoisotopic (exact) mass is 286 g/mol. The quantitative estimate of drug-likeness (QED) is 0.917. The molecule has 1 heterocycles. The fourth-order valence-corrected chi connectivity index (χ4v) is 1.95. The number of carbonyl (C=O) groups is 1. The van der Waals surface area contributed by atoms with Gasteiger partial charge in [-0.1, -0.05) is 0 Å². The van der Waals surface area contributed by atoms with E-state index in [4.69, 9.17) is 9.47 Å². The molecule has 1 aromatic carbocycles. The highest BCUT2D eigenvalue weighted by atomic mass is 16.5. The van der Waals surface area contributed by atoms with Gasteiger partial charge in [0.2, 0.25) is 0 Å². The first-order chi connectivity index (χ1) is 10.1. The number of nitrogens with one attached hydrogen (secondary N) is 1. The lowest BCUT2D eigenvalue weighted by molar-refractivity contribution is 0.0939. The van der Waals surface area contributed by atoms with Crippen LogP contribution in [0.25, 0.3) is 0 Å². The van der Waals surface area contributed by atoms with E-state index in [0.717, 1.165) is 5.56 Å². The minimum absolute atomic E-state index is 0.113. The van der Waals surface area contributed by atoms with Crippen molar-refractivity contribution in [2.24, 2.45) is 0 Å². The van der Waals surface area contributed by atoms with Crippen LogP contribution < -0.4 is 14.8 Å². The van der Waals surface area contributed by atoms with Crippen molar-refractivity contribution in [2.45, 2.75) is 13.0 Å². The van der Waals surface area contributed by atoms with Gasteiger partial charge in [-0.3, -0.25) is 9.78 Å². The molecule has 0 fully saturated rings. The van der Waals surface area contributed by atoms with E-state index >= 15 is 0 Å². The molecule has 0 aliphatic carbocycles. The van der Waals surface area contributed by atoms with Gasteiger partial charge in [0.1, 0.15) is 11.5 Å². The first-order valence-electron chi connectivity index (χ1n) is 6.58. The average Bonchev–Trinajstić information content (AvgIpc) is 2.54. The fourth-order valence-electron chi connectivity index (χ4n) is 1.95. The molecule has 1 N–H and O–H groups in total. The SMILES string of the molecule is COc1cc(OC)cc(C(=O)N[C@H](C)c2ccncc2)c1. The smallest absolute Gasteiger partial charge is 0.252 e. The molecule has 5 nitrogen and oxygen atoms in total. The van der Waals surface area contributed by atoms with Crippen LogP contribution in [0.4, 0.5) is 0 Å². The summed E-state index contributed by atoms with van der Waals surface area (Å²) in [7, 11) is 3.10. The second kappa shape index (κ2) is 6.74. The van der Waals surface area contributed by atoms with Gasteiger partial charge < -0.3 is 14.8 Å². The largest absolute Gasteiger partial charge is 0.497 e. The zero-order valence-electron chi connectivity index (χ0n) is 12.3. The van der Waals surface area contributed by atoms with Gasteiger partial charge in [0.25, 0.3) is 5.91 Å². The molecule has 0 aliphatic rings. The van der Waals surface area contributed by atoms with E-state index in [1.165, 1.54) is 0 Å². The molecule has 0 bridgehead atoms. The number of benzene rings is 1. The highest BCUT2D eigenvalue weighted by molar-refractivity contribution is 5.95. The standard InChI is InChI=1S/C16H18N2O3/c1-11(12-4-6-17-7-5-12)18-16(19)13-8-14(20-2)10-15(9-13)21-3/h4-11H,1-3H3,(H,18,19)/t11-/m1/s1. The number of amides is 1. The van der Waals surface area contributed by atoms with Gasteiger partial charge in [0.05, 0.1) is 20.3 Å². The summed E-state index contributed by atoms with van der Waals surface area (Å²) < 4.78 is 10.3. The Morgan fingerprint density at radius 3 is 2.19 bits per heavy atom. The number of hydrogen-bond acceptors (Lipinski definition) is 4. The molecule has 21 heavy (non-hydrogen) atoms. The Kier molecular flexibility index (Phi) is 4.77. The molecule has 0 spiro atoms. The van der Waals surface area contributed by atoms with Crippen molar-refractivity contribution in [3.63, 3.8) is 0 Å². The van der Waals surface area contributed by atoms with Gasteiger partial charge in [-0.25, -0.2) is 0 Å². The van der Waals surface area contributed by atoms with Gasteiger partial charge in [-0.2, -0.15) is 0 Å². The molecule has 5 heteroatoms. The fraction of sp³-hybridized carbons (Fsp3) is 0.250. The Morgan fingerprint density at radius 2 is 1.67 bits per heavy atom. The molecule has 1 aromatic heterocycles. The molecular formula is C16H18N2O3. The predicted octanol–water partition coefficient (Wildman–Crippen LogP) is 2.59. The Balaban J connectivity index is 2.16. The van der Waals surface area contributed by atoms with Crippen molar-refractivity contribution < 1.29 is 14.3 Å². The van der Waals surface area contributed by atoms with Gasteiger partial charge in [0.15, 0.2) is 0 Å². The van der Waals surface area contributed by atoms with E-state index in [1.807, 2.05) is 19.1 Å². The third-order valence-corrected chi connectivity index (χ3v) is 3.17. The molecule has 110 valence electrons. The highest BCUT2D eigenvalue weighted by Gasteiger charge is 2.13. The average molecular weight is 286 g/mol. The molecule has 2 aromatic rings. The van der Waals surface area contributed by atoms with Crippen molar-refractivity contribution in [1.82, 2.24) is 10.3 Å². The van der Waals surface area contributed by atoms with E-state index in [9.17, 15) is 4.79 Å². The molecule has 0 radical (unpaired) electrons. The van der Waals surface area contributed by atoms with Crippen LogP contribution in [0.1, 0.15) is 28.9 Å². The second-order valence-corrected chi connectivity index (χ2v) is 4.58. The van der Waals surface area contributed by atoms with Crippen LogP contribution in [0.3, 0.4) is 0 Å². The number of pyridine rings is 1. The second-order valence-electron chi connectivity index (χ2n) is 4.58. The van der Waals surface area contributed by atoms with Crippen LogP contribution in [0.2, 0.25) is 0 Å². The summed E-state index contributed by atoms with van der Waals surface area (Å²) in [6.07, 6.45) is 3.40. The molecule has 1 amide bonds. The summed E-state index contributed by atoms with van der Waals surface area (Å²) in [5, 5.41) is 2.94. The first kappa shape index (κ1) is 14.8. The van der Waals surface area contributed by atoms with Crippen molar-refractivity contribution in [3.05, 3.63) is 53.9 Å². The molecule has 0 unspecified atom stereocenters. The molecule has 0 saturated heterocycles. The molecule has 2 rings (SSSR count). The Morgan fingerprint density at radius 1 is 1.10 bits per heavy atom. The maximum atomic E-state index is 12.3. The van der Waals surface area contributed by atoms with Crippen LogP contribution in [-0.2, 0) is 0 Å². The van der Waals surface area contributed by atoms with E-state index in [0.29, 0.717) is 17.1 Å². The van der Waals surface area contributed by atoms with Crippen molar-refractivity contribution in [2.75, 3.05) is 14.2 Å². The third kappa shape index (κ3) is 3.72. The summed E-state index contributed by atoms with van der Waals surface area (Å²) in [6, 6.07) is 8.71. The van der Waals surface area contributed by atoms with Crippen molar-refractivity contribution in [1.29, 1.82) is 0 Å². The zero-order chi connectivity index (χ0) is 15.2. The van der Waals surface area contributed by atoms with E-state index in [2.05, 4.69) is 10.3 Å². The number of methoxy groups -OCH3 is 2. The van der Waals surface area contributed by atoms with Crippen molar-refractivity contribution >= 4 is 5.91 Å². The lowest BCUT2D eigenvalue weighted by atomic mass is 10.1. The summed E-state index contributed by atoms with van der Waals surface area (Å²) in [5.41, 5.74) is 1.49. The van der Waals surface area contributed by atoms with Gasteiger partial charge in [-0.05, 0) is 36.8 Å². The minimum atomic E-state index is -0.184. The van der Waals surface area contributed by atoms with Crippen molar-refractivity contribution in [3.8, 4) is 11.5 Å². The first-order valence-corrected chi connectivity index (χ1v) is 6.58. The normalized spacial score (nSPS) is 11.6. The lowest BCUT2D eigenvalue weighted by Crippen LogP contribution is -2.26. The zero-order valence-corrected chi connectivity index (χ0v) is 12.3. The van der Waals surface area contributed by atoms with E-state index < -0.39 is 0 Å². The molecule has 0 saturated carbocycles. The summed E-state index contributed by atoms with van der Waals surface area (Å²) in [6.45, 7) is 1.92. The molecular weight excluding hydrogens is 268 g/mol. The number of ether oxygens (including phenoxy) is 2. The van der Waals surface area contributed by atoms with Gasteiger partial charge >= 0.3 is 0 Å². The number of hydrogen-bond donors (Lipinski definition) is 1. The van der Waals surface area contributed by atoms with Crippen LogP contribution >= 0.6 is 0 Å². The van der Waals surface area contributed by atoms with Crippen LogP contribution in [-0.4, -0.2) is 25.1 Å². The topological polar surface area (TPSA) is 60.5 Å². The van der Waals surface area contributed by atoms with Crippen LogP contribution in [0.15, 0.2) is 42.7 Å². The van der Waals surface area contributed by atoms with Crippen LogP contribution in [0, 0.1) is 0 Å². The van der Waals surface area contributed by atoms with E-state index in [1.54, 1.807) is 44.8 Å². The van der Waals surface area contributed by atoms with Crippen LogP contribution in [0.5, 0.6) is 11.5 Å². The Hall–Kier alpha value is -2.56. The van der Waals surface area contributed by atoms with Gasteiger partial charge in [0, 0.05) is 24.0 Å². The Labute approximate surface area is 123 Å². The maximum absolute atomic E-state index is 12.3. The number of carbonyl (C=O) groups excluding carboxylic acids is 1. The predicted molar refractivity (Wildman–Crippen MR) is 79.7 cm³/mol. The Bertz CT molecular complexity index is 592. The maximum Gasteiger partial charge on any atom is 0.252 e. The summed E-state index contributed by atoms with van der Waals surface area (Å²) in [5.74, 6) is 0.976. The lowest BCUT2D eigenvalue weighted by Gasteiger charge is -2.15. The van der Waals surface area contributed by atoms with E-state index in [-0.39, 0.29) is 11.9 Å². The number of rotatable bonds is 5. The third-order valence-electron chi connectivity index (χ3n) is 3.17. The summed E-state index contributed by atoms with van der Waals surface area (Å²) >= 11 is 0. The molecule has 0 aliphatic heterocycles. The highest BCUT2D eigenvalue weighted by Crippen LogP contribution is 2.23. The number of aromatic nitrogens is 1.